The van der Waals surface area contributed by atoms with Gasteiger partial charge in [0.15, 0.2) is 0 Å². The maximum absolute atomic E-state index is 5.94. The molecule has 0 aliphatic carbocycles. The predicted molar refractivity (Wildman–Crippen MR) is 73.9 cm³/mol. The number of hydrogen-bond donors (Lipinski definition) is 0. The first-order valence-corrected chi connectivity index (χ1v) is 7.12. The van der Waals surface area contributed by atoms with Crippen molar-refractivity contribution in [2.45, 2.75) is 26.7 Å². The van der Waals surface area contributed by atoms with Gasteiger partial charge in [-0.2, -0.15) is 0 Å². The van der Waals surface area contributed by atoms with Crippen LogP contribution in [0.25, 0.3) is 0 Å². The Labute approximate surface area is 111 Å². The summed E-state index contributed by atoms with van der Waals surface area (Å²) >= 11 is 9.46. The molecule has 0 spiro atoms. The number of alkyl halides is 1. The molecule has 0 saturated carbocycles. The Balaban J connectivity index is 2.55. The van der Waals surface area contributed by atoms with Crippen molar-refractivity contribution in [1.82, 2.24) is 0 Å². The van der Waals surface area contributed by atoms with Gasteiger partial charge < -0.3 is 4.74 Å². The average Bonchev–Trinajstić information content (AvgIpc) is 2.28. The molecule has 1 aromatic carbocycles. The molecular weight excluding hydrogens is 287 g/mol. The monoisotopic (exact) mass is 304 g/mol. The molecular formula is C13H18BrClO. The fraction of sp³-hybridized carbons (Fsp3) is 0.538. The van der Waals surface area contributed by atoms with Gasteiger partial charge in [-0.15, -0.1) is 0 Å². The highest BCUT2D eigenvalue weighted by Crippen LogP contribution is 2.23. The fourth-order valence-electron chi connectivity index (χ4n) is 1.55. The minimum Gasteiger partial charge on any atom is -0.493 e. The van der Waals surface area contributed by atoms with Crippen LogP contribution in [0.1, 0.15) is 25.3 Å². The van der Waals surface area contributed by atoms with Gasteiger partial charge in [0.05, 0.1) is 6.61 Å². The Kier molecular flexibility index (Phi) is 6.22. The van der Waals surface area contributed by atoms with Crippen LogP contribution in [0.5, 0.6) is 5.75 Å². The molecule has 90 valence electrons. The van der Waals surface area contributed by atoms with Gasteiger partial charge in [-0.1, -0.05) is 46.9 Å². The van der Waals surface area contributed by atoms with Crippen molar-refractivity contribution in [3.63, 3.8) is 0 Å². The van der Waals surface area contributed by atoms with E-state index in [4.69, 9.17) is 16.3 Å². The lowest BCUT2D eigenvalue weighted by Crippen LogP contribution is -2.13. The Hall–Kier alpha value is -0.210. The van der Waals surface area contributed by atoms with Crippen LogP contribution in [0.2, 0.25) is 5.02 Å². The van der Waals surface area contributed by atoms with E-state index < -0.39 is 0 Å². The van der Waals surface area contributed by atoms with Crippen LogP contribution in [0.3, 0.4) is 0 Å². The summed E-state index contributed by atoms with van der Waals surface area (Å²) in [5, 5.41) is 1.71. The van der Waals surface area contributed by atoms with Crippen LogP contribution in [-0.2, 0) is 0 Å². The Morgan fingerprint density at radius 2 is 2.19 bits per heavy atom. The number of ether oxygens (including phenoxy) is 1. The molecule has 1 unspecified atom stereocenters. The number of benzene rings is 1. The van der Waals surface area contributed by atoms with Crippen molar-refractivity contribution >= 4 is 27.5 Å². The van der Waals surface area contributed by atoms with Crippen LogP contribution in [0.15, 0.2) is 18.2 Å². The Bertz CT molecular complexity index is 328. The van der Waals surface area contributed by atoms with Gasteiger partial charge in [0.2, 0.25) is 0 Å². The van der Waals surface area contributed by atoms with Crippen LogP contribution in [-0.4, -0.2) is 11.9 Å². The SMILES string of the molecule is CCCC(CBr)COc1cc(Cl)ccc1C. The first kappa shape index (κ1) is 13.9. The van der Waals surface area contributed by atoms with Crippen LogP contribution < -0.4 is 4.74 Å². The minimum atomic E-state index is 0.573. The largest absolute Gasteiger partial charge is 0.493 e. The zero-order chi connectivity index (χ0) is 12.0. The Morgan fingerprint density at radius 1 is 1.44 bits per heavy atom. The second-order valence-corrected chi connectivity index (χ2v) is 5.11. The molecule has 0 aromatic heterocycles. The zero-order valence-electron chi connectivity index (χ0n) is 9.80. The molecule has 0 bridgehead atoms. The molecule has 3 heteroatoms. The molecule has 1 atom stereocenters. The van der Waals surface area contributed by atoms with E-state index in [0.29, 0.717) is 5.92 Å². The maximum atomic E-state index is 5.94. The maximum Gasteiger partial charge on any atom is 0.123 e. The number of halogens is 2. The average molecular weight is 306 g/mol. The molecule has 0 saturated heterocycles. The van der Waals surface area contributed by atoms with Crippen LogP contribution in [0, 0.1) is 12.8 Å². The molecule has 0 N–H and O–H groups in total. The molecule has 0 aliphatic heterocycles. The molecule has 0 amide bonds. The molecule has 1 rings (SSSR count). The molecule has 16 heavy (non-hydrogen) atoms. The van der Waals surface area contributed by atoms with E-state index in [0.717, 1.165) is 28.3 Å². The van der Waals surface area contributed by atoms with Gasteiger partial charge in [-0.25, -0.2) is 0 Å². The third-order valence-electron chi connectivity index (χ3n) is 2.54. The first-order chi connectivity index (χ1) is 7.67. The predicted octanol–water partition coefficient (Wildman–Crippen LogP) is 4.84. The topological polar surface area (TPSA) is 9.23 Å². The van der Waals surface area contributed by atoms with Gasteiger partial charge in [0.1, 0.15) is 5.75 Å². The third kappa shape index (κ3) is 4.34. The van der Waals surface area contributed by atoms with Crippen LogP contribution >= 0.6 is 27.5 Å². The second-order valence-electron chi connectivity index (χ2n) is 4.03. The van der Waals surface area contributed by atoms with E-state index in [1.807, 2.05) is 25.1 Å². The summed E-state index contributed by atoms with van der Waals surface area (Å²) in [6.07, 6.45) is 2.37. The quantitative estimate of drug-likeness (QED) is 0.683. The summed E-state index contributed by atoms with van der Waals surface area (Å²) in [6.45, 7) is 4.98. The molecule has 1 nitrogen and oxygen atoms in total. The summed E-state index contributed by atoms with van der Waals surface area (Å²) in [6, 6.07) is 5.76. The van der Waals surface area contributed by atoms with Gasteiger partial charge in [0.25, 0.3) is 0 Å². The number of hydrogen-bond acceptors (Lipinski definition) is 1. The van der Waals surface area contributed by atoms with E-state index >= 15 is 0 Å². The summed E-state index contributed by atoms with van der Waals surface area (Å²) < 4.78 is 5.81. The van der Waals surface area contributed by atoms with Gasteiger partial charge in [-0.05, 0) is 31.0 Å². The van der Waals surface area contributed by atoms with E-state index in [1.165, 1.54) is 12.8 Å². The second kappa shape index (κ2) is 7.18. The lowest BCUT2D eigenvalue weighted by atomic mass is 10.1. The summed E-state index contributed by atoms with van der Waals surface area (Å²) in [5.74, 6) is 1.47. The van der Waals surface area contributed by atoms with Crippen molar-refractivity contribution in [2.75, 3.05) is 11.9 Å². The third-order valence-corrected chi connectivity index (χ3v) is 3.69. The fourth-order valence-corrected chi connectivity index (χ4v) is 2.22. The van der Waals surface area contributed by atoms with E-state index in [2.05, 4.69) is 22.9 Å². The van der Waals surface area contributed by atoms with E-state index in [1.54, 1.807) is 0 Å². The lowest BCUT2D eigenvalue weighted by molar-refractivity contribution is 0.253. The summed E-state index contributed by atoms with van der Waals surface area (Å²) in [7, 11) is 0. The van der Waals surface area contributed by atoms with E-state index in [9.17, 15) is 0 Å². The van der Waals surface area contributed by atoms with Crippen molar-refractivity contribution in [3.8, 4) is 5.75 Å². The van der Waals surface area contributed by atoms with Crippen molar-refractivity contribution in [3.05, 3.63) is 28.8 Å². The van der Waals surface area contributed by atoms with Crippen molar-refractivity contribution < 1.29 is 4.74 Å². The highest BCUT2D eigenvalue weighted by Gasteiger charge is 2.08. The van der Waals surface area contributed by atoms with Crippen molar-refractivity contribution in [1.29, 1.82) is 0 Å². The summed E-state index contributed by atoms with van der Waals surface area (Å²) in [5.41, 5.74) is 1.13. The van der Waals surface area contributed by atoms with Gasteiger partial charge >= 0.3 is 0 Å². The number of rotatable bonds is 6. The molecule has 0 heterocycles. The standard InChI is InChI=1S/C13H18BrClO/c1-3-4-11(8-14)9-16-13-7-12(15)6-5-10(13)2/h5-7,11H,3-4,8-9H2,1-2H3. The minimum absolute atomic E-state index is 0.573. The highest BCUT2D eigenvalue weighted by atomic mass is 79.9. The zero-order valence-corrected chi connectivity index (χ0v) is 12.1. The van der Waals surface area contributed by atoms with Gasteiger partial charge in [-0.3, -0.25) is 0 Å². The first-order valence-electron chi connectivity index (χ1n) is 5.62. The Morgan fingerprint density at radius 3 is 2.81 bits per heavy atom. The lowest BCUT2D eigenvalue weighted by Gasteiger charge is -2.15. The molecule has 0 fully saturated rings. The van der Waals surface area contributed by atoms with Crippen LogP contribution in [0.4, 0.5) is 0 Å². The molecule has 0 aliphatic rings. The van der Waals surface area contributed by atoms with Crippen molar-refractivity contribution in [2.24, 2.45) is 5.92 Å². The number of aryl methyl sites for hydroxylation is 1. The van der Waals surface area contributed by atoms with E-state index in [-0.39, 0.29) is 0 Å². The highest BCUT2D eigenvalue weighted by molar-refractivity contribution is 9.09. The summed E-state index contributed by atoms with van der Waals surface area (Å²) in [4.78, 5) is 0. The smallest absolute Gasteiger partial charge is 0.123 e. The van der Waals surface area contributed by atoms with Gasteiger partial charge in [0, 0.05) is 16.3 Å². The molecule has 0 radical (unpaired) electrons. The molecule has 1 aromatic rings. The normalized spacial score (nSPS) is 12.5.